The van der Waals surface area contributed by atoms with Crippen LogP contribution in [-0.2, 0) is 27.7 Å². The van der Waals surface area contributed by atoms with Gasteiger partial charge in [-0.2, -0.15) is 4.31 Å². The third-order valence-corrected chi connectivity index (χ3v) is 8.04. The average Bonchev–Trinajstić information content (AvgIpc) is 3.14. The lowest BCUT2D eigenvalue weighted by Gasteiger charge is -2.26. The van der Waals surface area contributed by atoms with Crippen LogP contribution >= 0.6 is 23.2 Å². The van der Waals surface area contributed by atoms with Crippen LogP contribution in [0.15, 0.2) is 41.3 Å². The average molecular weight is 453 g/mol. The molecule has 0 saturated carbocycles. The monoisotopic (exact) mass is 452 g/mol. The Balaban J connectivity index is 1.54. The second-order valence-electron chi connectivity index (χ2n) is 7.46. The Labute approximate surface area is 181 Å². The number of carbonyl (C=O) groups excluding carboxylic acids is 1. The second-order valence-corrected chi connectivity index (χ2v) is 10.2. The molecule has 0 unspecified atom stereocenters. The van der Waals surface area contributed by atoms with Gasteiger partial charge in [0.15, 0.2) is 0 Å². The number of hydrogen-bond donors (Lipinski definition) is 0. The van der Waals surface area contributed by atoms with Crippen LogP contribution in [0.1, 0.15) is 30.4 Å². The Morgan fingerprint density at radius 1 is 0.966 bits per heavy atom. The van der Waals surface area contributed by atoms with Crippen molar-refractivity contribution in [3.8, 4) is 0 Å². The first-order valence-electron chi connectivity index (χ1n) is 9.73. The second kappa shape index (κ2) is 8.26. The predicted molar refractivity (Wildman–Crippen MR) is 115 cm³/mol. The Morgan fingerprint density at radius 2 is 1.72 bits per heavy atom. The zero-order valence-corrected chi connectivity index (χ0v) is 18.2. The number of halogens is 2. The number of rotatable bonds is 4. The van der Waals surface area contributed by atoms with Crippen LogP contribution in [0, 0.1) is 0 Å². The summed E-state index contributed by atoms with van der Waals surface area (Å²) in [6.45, 7) is 1.68. The largest absolute Gasteiger partial charge is 0.312 e. The molecule has 0 spiro atoms. The maximum atomic E-state index is 12.9. The van der Waals surface area contributed by atoms with Gasteiger partial charge in [-0.3, -0.25) is 4.79 Å². The van der Waals surface area contributed by atoms with E-state index in [1.165, 1.54) is 0 Å². The zero-order chi connectivity index (χ0) is 20.6. The third-order valence-electron chi connectivity index (χ3n) is 5.56. The SMILES string of the molecule is O=C(Cc1ccc(Cl)cc1Cl)N1CCc2cc(S(=O)(=O)N3CCCCC3)ccc21. The van der Waals surface area contributed by atoms with Gasteiger partial charge < -0.3 is 4.90 Å². The molecule has 1 amide bonds. The molecule has 0 aliphatic carbocycles. The van der Waals surface area contributed by atoms with Crippen molar-refractivity contribution in [1.82, 2.24) is 4.31 Å². The van der Waals surface area contributed by atoms with Crippen molar-refractivity contribution >= 4 is 44.8 Å². The summed E-state index contributed by atoms with van der Waals surface area (Å²) in [5.74, 6) is -0.0698. The van der Waals surface area contributed by atoms with Crippen molar-refractivity contribution in [2.75, 3.05) is 24.5 Å². The molecule has 0 atom stereocenters. The molecule has 2 aromatic rings. The molecule has 29 heavy (non-hydrogen) atoms. The van der Waals surface area contributed by atoms with E-state index >= 15 is 0 Å². The minimum absolute atomic E-state index is 0.0698. The topological polar surface area (TPSA) is 57.7 Å². The first-order valence-corrected chi connectivity index (χ1v) is 11.9. The number of nitrogens with zero attached hydrogens (tertiary/aromatic N) is 2. The predicted octanol–water partition coefficient (Wildman–Crippen LogP) is 4.30. The number of piperidine rings is 1. The molecule has 0 N–H and O–H groups in total. The standard InChI is InChI=1S/C21H22Cl2N2O3S/c22-17-5-4-15(19(23)14-17)13-21(26)25-11-8-16-12-18(6-7-20(16)25)29(27,28)24-9-2-1-3-10-24/h4-7,12,14H,1-3,8-11,13H2. The Kier molecular flexibility index (Phi) is 5.89. The third kappa shape index (κ3) is 4.17. The fourth-order valence-electron chi connectivity index (χ4n) is 3.98. The molecule has 4 rings (SSSR count). The molecule has 2 aliphatic heterocycles. The quantitative estimate of drug-likeness (QED) is 0.694. The van der Waals surface area contributed by atoms with Gasteiger partial charge in [-0.25, -0.2) is 8.42 Å². The van der Waals surface area contributed by atoms with Gasteiger partial charge in [0.05, 0.1) is 11.3 Å². The van der Waals surface area contributed by atoms with E-state index < -0.39 is 10.0 Å². The number of anilines is 1. The Hall–Kier alpha value is -1.60. The molecule has 0 radical (unpaired) electrons. The molecule has 8 heteroatoms. The van der Waals surface area contributed by atoms with Crippen molar-refractivity contribution in [3.05, 3.63) is 57.6 Å². The van der Waals surface area contributed by atoms with Gasteiger partial charge in [0.25, 0.3) is 0 Å². The summed E-state index contributed by atoms with van der Waals surface area (Å²) in [5.41, 5.74) is 2.38. The lowest BCUT2D eigenvalue weighted by Crippen LogP contribution is -2.35. The van der Waals surface area contributed by atoms with E-state index in [1.807, 2.05) is 0 Å². The van der Waals surface area contributed by atoms with E-state index in [9.17, 15) is 13.2 Å². The van der Waals surface area contributed by atoms with Gasteiger partial charge in [0, 0.05) is 35.4 Å². The van der Waals surface area contributed by atoms with Crippen LogP contribution in [0.5, 0.6) is 0 Å². The highest BCUT2D eigenvalue weighted by Crippen LogP contribution is 2.32. The smallest absolute Gasteiger partial charge is 0.243 e. The Bertz CT molecular complexity index is 1050. The van der Waals surface area contributed by atoms with Gasteiger partial charge in [-0.15, -0.1) is 0 Å². The first-order chi connectivity index (χ1) is 13.9. The molecule has 5 nitrogen and oxygen atoms in total. The summed E-state index contributed by atoms with van der Waals surface area (Å²) in [5, 5.41) is 0.994. The Morgan fingerprint density at radius 3 is 2.45 bits per heavy atom. The highest BCUT2D eigenvalue weighted by atomic mass is 35.5. The van der Waals surface area contributed by atoms with Crippen LogP contribution in [0.4, 0.5) is 5.69 Å². The molecule has 1 fully saturated rings. The van der Waals surface area contributed by atoms with Crippen LogP contribution in [-0.4, -0.2) is 38.3 Å². The molecule has 154 valence electrons. The van der Waals surface area contributed by atoms with Crippen molar-refractivity contribution in [3.63, 3.8) is 0 Å². The highest BCUT2D eigenvalue weighted by molar-refractivity contribution is 7.89. The van der Waals surface area contributed by atoms with E-state index in [2.05, 4.69) is 0 Å². The molecule has 0 aromatic heterocycles. The number of fused-ring (bicyclic) bond motifs is 1. The van der Waals surface area contributed by atoms with Gasteiger partial charge >= 0.3 is 0 Å². The van der Waals surface area contributed by atoms with E-state index in [1.54, 1.807) is 45.6 Å². The van der Waals surface area contributed by atoms with Crippen molar-refractivity contribution in [2.45, 2.75) is 37.0 Å². The van der Waals surface area contributed by atoms with Crippen molar-refractivity contribution in [2.24, 2.45) is 0 Å². The summed E-state index contributed by atoms with van der Waals surface area (Å²) in [7, 11) is -3.48. The lowest BCUT2D eigenvalue weighted by molar-refractivity contribution is -0.117. The normalized spacial score (nSPS) is 17.4. The van der Waals surface area contributed by atoms with Gasteiger partial charge in [0.2, 0.25) is 15.9 Å². The maximum Gasteiger partial charge on any atom is 0.243 e. The maximum absolute atomic E-state index is 12.9. The zero-order valence-electron chi connectivity index (χ0n) is 15.9. The minimum atomic E-state index is -3.48. The summed E-state index contributed by atoms with van der Waals surface area (Å²) < 4.78 is 27.4. The molecular formula is C21H22Cl2N2O3S. The van der Waals surface area contributed by atoms with Gasteiger partial charge in [-0.1, -0.05) is 35.7 Å². The summed E-state index contributed by atoms with van der Waals surface area (Å²) in [6.07, 6.45) is 3.69. The fourth-order valence-corrected chi connectivity index (χ4v) is 6.02. The van der Waals surface area contributed by atoms with Gasteiger partial charge in [0.1, 0.15) is 0 Å². The van der Waals surface area contributed by atoms with Crippen LogP contribution < -0.4 is 4.90 Å². The molecule has 2 heterocycles. The van der Waals surface area contributed by atoms with Crippen LogP contribution in [0.2, 0.25) is 10.0 Å². The number of sulfonamides is 1. The number of carbonyl (C=O) groups is 1. The molecule has 0 bridgehead atoms. The first kappa shape index (κ1) is 20.7. The van der Waals surface area contributed by atoms with Crippen molar-refractivity contribution < 1.29 is 13.2 Å². The summed E-state index contributed by atoms with van der Waals surface area (Å²) in [4.78, 5) is 14.9. The molecular weight excluding hydrogens is 431 g/mol. The lowest BCUT2D eigenvalue weighted by atomic mass is 10.1. The van der Waals surface area contributed by atoms with Crippen LogP contribution in [0.25, 0.3) is 0 Å². The van der Waals surface area contributed by atoms with E-state index in [0.29, 0.717) is 41.0 Å². The van der Waals surface area contributed by atoms with E-state index in [4.69, 9.17) is 23.2 Å². The van der Waals surface area contributed by atoms with E-state index in [0.717, 1.165) is 36.1 Å². The van der Waals surface area contributed by atoms with Gasteiger partial charge in [-0.05, 0) is 60.7 Å². The number of hydrogen-bond acceptors (Lipinski definition) is 3. The number of benzene rings is 2. The molecule has 1 saturated heterocycles. The molecule has 2 aliphatic rings. The molecule has 2 aromatic carbocycles. The van der Waals surface area contributed by atoms with E-state index in [-0.39, 0.29) is 12.3 Å². The number of amides is 1. The highest BCUT2D eigenvalue weighted by Gasteiger charge is 2.30. The van der Waals surface area contributed by atoms with Crippen LogP contribution in [0.3, 0.4) is 0 Å². The summed E-state index contributed by atoms with van der Waals surface area (Å²) in [6, 6.07) is 10.2. The fraction of sp³-hybridized carbons (Fsp3) is 0.381. The van der Waals surface area contributed by atoms with Crippen molar-refractivity contribution in [1.29, 1.82) is 0 Å². The minimum Gasteiger partial charge on any atom is -0.312 e. The summed E-state index contributed by atoms with van der Waals surface area (Å²) >= 11 is 12.1.